The molecular weight excluding hydrogens is 439 g/mol. The molecule has 0 saturated heterocycles. The van der Waals surface area contributed by atoms with Gasteiger partial charge in [-0.15, -0.1) is 11.8 Å². The van der Waals surface area contributed by atoms with Crippen LogP contribution in [0, 0.1) is 17.1 Å². The van der Waals surface area contributed by atoms with E-state index in [1.54, 1.807) is 24.0 Å². The number of pyridine rings is 1. The number of fused-ring (bicyclic) bond motifs is 2. The van der Waals surface area contributed by atoms with Crippen LogP contribution in [0.5, 0.6) is 0 Å². The number of hydrogen-bond donors (Lipinski definition) is 1. The van der Waals surface area contributed by atoms with Gasteiger partial charge < -0.3 is 9.88 Å². The maximum absolute atomic E-state index is 14.5. The number of hydrogen-bond acceptors (Lipinski definition) is 7. The highest BCUT2D eigenvalue weighted by Gasteiger charge is 2.20. The number of nitrogens with one attached hydrogen (secondary N) is 1. The van der Waals surface area contributed by atoms with Crippen LogP contribution in [0.2, 0.25) is 0 Å². The number of anilines is 1. The summed E-state index contributed by atoms with van der Waals surface area (Å²) in [5, 5.41) is 15.7. The summed E-state index contributed by atoms with van der Waals surface area (Å²) in [5.41, 5.74) is 3.46. The van der Waals surface area contributed by atoms with Gasteiger partial charge in [0.25, 0.3) is 0 Å². The normalized spacial score (nSPS) is 13.7. The number of H-pyrrole nitrogens is 1. The second-order valence-electron chi connectivity index (χ2n) is 8.11. The van der Waals surface area contributed by atoms with Crippen molar-refractivity contribution in [1.82, 2.24) is 29.7 Å². The van der Waals surface area contributed by atoms with Gasteiger partial charge in [0.1, 0.15) is 17.0 Å². The smallest absolute Gasteiger partial charge is 0.166 e. The monoisotopic (exact) mass is 462 g/mol. The molecule has 1 N–H and O–H groups in total. The van der Waals surface area contributed by atoms with Crippen LogP contribution in [0.25, 0.3) is 22.3 Å². The third kappa shape index (κ3) is 4.28. The predicted octanol–water partition coefficient (Wildman–Crippen LogP) is 4.38. The first-order chi connectivity index (χ1) is 16.1. The van der Waals surface area contributed by atoms with Crippen molar-refractivity contribution in [3.63, 3.8) is 0 Å². The van der Waals surface area contributed by atoms with Crippen molar-refractivity contribution >= 4 is 28.6 Å². The average Bonchev–Trinajstić information content (AvgIpc) is 3.57. The van der Waals surface area contributed by atoms with Gasteiger partial charge in [-0.05, 0) is 37.0 Å². The second-order valence-corrected chi connectivity index (χ2v) is 9.19. The molecule has 0 radical (unpaired) electrons. The highest BCUT2D eigenvalue weighted by molar-refractivity contribution is 7.99. The van der Waals surface area contributed by atoms with Gasteiger partial charge in [0.2, 0.25) is 0 Å². The molecular formula is C23H23FN8S. The number of rotatable bonds is 8. The highest BCUT2D eigenvalue weighted by atomic mass is 32.2. The predicted molar refractivity (Wildman–Crippen MR) is 126 cm³/mol. The Morgan fingerprint density at radius 3 is 3.18 bits per heavy atom. The Morgan fingerprint density at radius 2 is 2.30 bits per heavy atom. The van der Waals surface area contributed by atoms with Crippen molar-refractivity contribution in [2.45, 2.75) is 36.8 Å². The lowest BCUT2D eigenvalue weighted by Gasteiger charge is -2.21. The number of halogens is 1. The minimum Gasteiger partial charge on any atom is -0.357 e. The minimum atomic E-state index is -0.273. The van der Waals surface area contributed by atoms with Crippen LogP contribution in [0.4, 0.5) is 10.2 Å². The third-order valence-corrected chi connectivity index (χ3v) is 6.96. The van der Waals surface area contributed by atoms with Gasteiger partial charge in [0.15, 0.2) is 11.6 Å². The molecule has 0 amide bonds. The number of aryl methyl sites for hydroxylation is 1. The van der Waals surface area contributed by atoms with Crippen LogP contribution in [0.1, 0.15) is 30.9 Å². The zero-order valence-electron chi connectivity index (χ0n) is 18.2. The van der Waals surface area contributed by atoms with Gasteiger partial charge in [0.05, 0.1) is 30.4 Å². The molecule has 4 aromatic rings. The Hall–Kier alpha value is -3.45. The van der Waals surface area contributed by atoms with Crippen LogP contribution < -0.4 is 4.90 Å². The Balaban J connectivity index is 1.27. The fraction of sp³-hybridized carbons (Fsp3) is 0.348. The summed E-state index contributed by atoms with van der Waals surface area (Å²) >= 11 is 1.68. The van der Waals surface area contributed by atoms with Crippen LogP contribution in [-0.4, -0.2) is 49.1 Å². The van der Waals surface area contributed by atoms with Gasteiger partial charge in [-0.2, -0.15) is 10.4 Å². The van der Waals surface area contributed by atoms with E-state index in [0.29, 0.717) is 18.8 Å². The number of aromatic nitrogens is 6. The van der Waals surface area contributed by atoms with Crippen molar-refractivity contribution < 1.29 is 4.39 Å². The van der Waals surface area contributed by atoms with Crippen LogP contribution >= 0.6 is 11.8 Å². The molecule has 1 aliphatic heterocycles. The Bertz CT molecular complexity index is 1320. The van der Waals surface area contributed by atoms with E-state index < -0.39 is 0 Å². The van der Waals surface area contributed by atoms with Gasteiger partial charge in [0, 0.05) is 42.7 Å². The summed E-state index contributed by atoms with van der Waals surface area (Å²) < 4.78 is 16.4. The maximum Gasteiger partial charge on any atom is 0.166 e. The summed E-state index contributed by atoms with van der Waals surface area (Å²) in [7, 11) is 1.86. The molecule has 4 aromatic heterocycles. The lowest BCUT2D eigenvalue weighted by molar-refractivity contribution is 0.421. The first kappa shape index (κ1) is 21.4. The molecule has 33 heavy (non-hydrogen) atoms. The Morgan fingerprint density at radius 1 is 1.39 bits per heavy atom. The van der Waals surface area contributed by atoms with E-state index in [1.165, 1.54) is 6.33 Å². The molecule has 0 aliphatic carbocycles. The van der Waals surface area contributed by atoms with E-state index in [2.05, 4.69) is 31.1 Å². The number of nitriles is 1. The maximum atomic E-state index is 14.5. The topological polar surface area (TPSA) is 99.3 Å². The van der Waals surface area contributed by atoms with E-state index in [0.717, 1.165) is 57.9 Å². The molecule has 5 rings (SSSR count). The second kappa shape index (κ2) is 9.19. The third-order valence-electron chi connectivity index (χ3n) is 5.93. The fourth-order valence-corrected chi connectivity index (χ4v) is 5.21. The highest BCUT2D eigenvalue weighted by Crippen LogP contribution is 2.33. The van der Waals surface area contributed by atoms with E-state index in [9.17, 15) is 9.65 Å². The summed E-state index contributed by atoms with van der Waals surface area (Å²) in [5.74, 6) is 1.08. The minimum absolute atomic E-state index is 0.0749. The lowest BCUT2D eigenvalue weighted by Crippen LogP contribution is -2.22. The molecule has 5 heterocycles. The van der Waals surface area contributed by atoms with E-state index >= 15 is 0 Å². The molecule has 0 bridgehead atoms. The van der Waals surface area contributed by atoms with Crippen LogP contribution in [-0.2, 0) is 6.42 Å². The summed E-state index contributed by atoms with van der Waals surface area (Å²) in [6.45, 7) is 0.638. The molecule has 0 unspecified atom stereocenters. The average molecular weight is 463 g/mol. The Labute approximate surface area is 194 Å². The molecule has 168 valence electrons. The van der Waals surface area contributed by atoms with Crippen molar-refractivity contribution in [3.05, 3.63) is 48.4 Å². The number of aromatic amines is 1. The van der Waals surface area contributed by atoms with E-state index in [1.807, 2.05) is 35.1 Å². The Kier molecular flexibility index (Phi) is 5.96. The zero-order valence-corrected chi connectivity index (χ0v) is 19.0. The summed E-state index contributed by atoms with van der Waals surface area (Å²) in [6, 6.07) is 5.75. The van der Waals surface area contributed by atoms with Crippen LogP contribution in [0.15, 0.2) is 42.1 Å². The fourth-order valence-electron chi connectivity index (χ4n) is 4.20. The van der Waals surface area contributed by atoms with Gasteiger partial charge in [-0.25, -0.2) is 19.3 Å². The lowest BCUT2D eigenvalue weighted by atomic mass is 10.1. The van der Waals surface area contributed by atoms with Gasteiger partial charge in [-0.3, -0.25) is 4.68 Å². The summed E-state index contributed by atoms with van der Waals surface area (Å²) in [6.07, 6.45) is 9.80. The molecule has 0 spiro atoms. The van der Waals surface area contributed by atoms with Crippen molar-refractivity contribution in [3.8, 4) is 17.3 Å². The first-order valence-electron chi connectivity index (χ1n) is 10.9. The number of nitrogens with zero attached hydrogens (tertiary/aromatic N) is 7. The molecule has 8 nitrogen and oxygen atoms in total. The van der Waals surface area contributed by atoms with E-state index in [-0.39, 0.29) is 11.9 Å². The zero-order chi connectivity index (χ0) is 22.8. The SMILES string of the molecule is CN(CCC[C@H](CC#N)n1cc(-c2ncnc3[nH]ccc23)cn1)c1nc2c(cc1F)CCS2. The number of thioether (sulfide) groups is 1. The first-order valence-corrected chi connectivity index (χ1v) is 11.9. The van der Waals surface area contributed by atoms with Gasteiger partial charge in [-0.1, -0.05) is 0 Å². The quantitative estimate of drug-likeness (QED) is 0.415. The largest absolute Gasteiger partial charge is 0.357 e. The van der Waals surface area contributed by atoms with Crippen molar-refractivity contribution in [1.29, 1.82) is 5.26 Å². The molecule has 0 aromatic carbocycles. The van der Waals surface area contributed by atoms with Crippen molar-refractivity contribution in [2.75, 3.05) is 24.2 Å². The van der Waals surface area contributed by atoms with E-state index in [4.69, 9.17) is 0 Å². The molecule has 1 aliphatic rings. The molecule has 1 atom stereocenters. The van der Waals surface area contributed by atoms with Gasteiger partial charge >= 0.3 is 0 Å². The van der Waals surface area contributed by atoms with Crippen LogP contribution in [0.3, 0.4) is 0 Å². The molecule has 0 saturated carbocycles. The molecule has 10 heteroatoms. The van der Waals surface area contributed by atoms with Crippen molar-refractivity contribution in [2.24, 2.45) is 0 Å². The summed E-state index contributed by atoms with van der Waals surface area (Å²) in [4.78, 5) is 18.1. The molecule has 0 fully saturated rings. The standard InChI is InChI=1S/C23H23FN8S/c1-31(22-19(24)11-15-6-10-33-23(15)30-22)9-2-3-17(4-7-25)32-13-16(12-29-32)20-18-5-8-26-21(18)28-14-27-20/h5,8,11-14,17H,2-4,6,9-10H2,1H3,(H,26,27,28)/t17-/m1/s1.